The molecule has 3 atom stereocenters. The van der Waals surface area contributed by atoms with E-state index in [1.807, 2.05) is 0 Å². The van der Waals surface area contributed by atoms with Crippen molar-refractivity contribution in [3.63, 3.8) is 0 Å². The highest BCUT2D eigenvalue weighted by molar-refractivity contribution is 5.80. The van der Waals surface area contributed by atoms with Crippen molar-refractivity contribution in [1.82, 2.24) is 10.6 Å². The number of carbonyl (C=O) groups excluding carboxylic acids is 1. The van der Waals surface area contributed by atoms with Crippen LogP contribution in [0.25, 0.3) is 0 Å². The number of carbonyl (C=O) groups is 1. The zero-order valence-electron chi connectivity index (χ0n) is 11.9. The Bertz CT molecular complexity index is 272. The third-order valence-corrected chi connectivity index (χ3v) is 4.84. The minimum Gasteiger partial charge on any atom is -0.353 e. The molecule has 2 rings (SSSR count). The Balaban J connectivity index is 1.82. The highest BCUT2D eigenvalue weighted by atomic mass is 16.2. The second kappa shape index (κ2) is 6.55. The molecule has 2 aliphatic rings. The Morgan fingerprint density at radius 2 is 1.83 bits per heavy atom. The third-order valence-electron chi connectivity index (χ3n) is 4.84. The first-order valence-corrected chi connectivity index (χ1v) is 7.72. The molecule has 3 heteroatoms. The zero-order chi connectivity index (χ0) is 13.0. The average Bonchev–Trinajstić information content (AvgIpc) is 2.63. The van der Waals surface area contributed by atoms with E-state index in [0.717, 1.165) is 13.0 Å². The van der Waals surface area contributed by atoms with Gasteiger partial charge >= 0.3 is 0 Å². The van der Waals surface area contributed by atoms with Gasteiger partial charge in [0.15, 0.2) is 0 Å². The topological polar surface area (TPSA) is 41.1 Å². The van der Waals surface area contributed by atoms with Crippen LogP contribution >= 0.6 is 0 Å². The van der Waals surface area contributed by atoms with E-state index in [1.54, 1.807) is 0 Å². The molecular formula is C15H28N2O. The van der Waals surface area contributed by atoms with Crippen molar-refractivity contribution >= 4 is 5.91 Å². The molecule has 0 aromatic rings. The van der Waals surface area contributed by atoms with Gasteiger partial charge in [-0.15, -0.1) is 0 Å². The molecule has 0 aromatic carbocycles. The van der Waals surface area contributed by atoms with Crippen molar-refractivity contribution in [2.75, 3.05) is 6.54 Å². The molecule has 1 saturated carbocycles. The lowest BCUT2D eigenvalue weighted by Crippen LogP contribution is -2.43. The molecule has 104 valence electrons. The van der Waals surface area contributed by atoms with Crippen LogP contribution in [-0.2, 0) is 4.79 Å². The van der Waals surface area contributed by atoms with E-state index < -0.39 is 0 Å². The molecule has 1 aliphatic heterocycles. The fourth-order valence-corrected chi connectivity index (χ4v) is 3.48. The Morgan fingerprint density at radius 1 is 1.17 bits per heavy atom. The summed E-state index contributed by atoms with van der Waals surface area (Å²) in [6, 6.07) is 0.690. The lowest BCUT2D eigenvalue weighted by molar-refractivity contribution is -0.126. The van der Waals surface area contributed by atoms with Gasteiger partial charge < -0.3 is 10.6 Å². The van der Waals surface area contributed by atoms with Gasteiger partial charge in [0.2, 0.25) is 5.91 Å². The lowest BCUT2D eigenvalue weighted by Gasteiger charge is -2.26. The van der Waals surface area contributed by atoms with Gasteiger partial charge in [-0.25, -0.2) is 0 Å². The van der Waals surface area contributed by atoms with Crippen molar-refractivity contribution in [2.45, 2.75) is 70.9 Å². The highest BCUT2D eigenvalue weighted by Gasteiger charge is 2.31. The summed E-state index contributed by atoms with van der Waals surface area (Å²) < 4.78 is 0. The lowest BCUT2D eigenvalue weighted by atomic mass is 9.92. The van der Waals surface area contributed by atoms with Crippen molar-refractivity contribution in [3.05, 3.63) is 0 Å². The maximum Gasteiger partial charge on any atom is 0.224 e. The summed E-state index contributed by atoms with van der Waals surface area (Å²) in [7, 11) is 0. The van der Waals surface area contributed by atoms with Crippen molar-refractivity contribution in [3.8, 4) is 0 Å². The summed E-state index contributed by atoms with van der Waals surface area (Å²) in [5.41, 5.74) is 0. The van der Waals surface area contributed by atoms with E-state index in [1.165, 1.54) is 38.5 Å². The maximum atomic E-state index is 12.2. The van der Waals surface area contributed by atoms with Crippen LogP contribution < -0.4 is 10.6 Å². The van der Waals surface area contributed by atoms with Gasteiger partial charge in [-0.3, -0.25) is 4.79 Å². The third kappa shape index (κ3) is 3.47. The minimum absolute atomic E-state index is 0.179. The Kier molecular flexibility index (Phi) is 5.04. The van der Waals surface area contributed by atoms with Crippen molar-refractivity contribution in [2.24, 2.45) is 11.8 Å². The van der Waals surface area contributed by atoms with Gasteiger partial charge in [-0.05, 0) is 45.6 Å². The van der Waals surface area contributed by atoms with Crippen LogP contribution in [0.15, 0.2) is 0 Å². The molecule has 0 radical (unpaired) electrons. The average molecular weight is 252 g/mol. The maximum absolute atomic E-state index is 12.2. The predicted molar refractivity (Wildman–Crippen MR) is 74.4 cm³/mol. The fraction of sp³-hybridized carbons (Fsp3) is 0.933. The molecule has 2 unspecified atom stereocenters. The van der Waals surface area contributed by atoms with Crippen molar-refractivity contribution < 1.29 is 4.79 Å². The molecule has 18 heavy (non-hydrogen) atoms. The predicted octanol–water partition coefficient (Wildman–Crippen LogP) is 2.46. The molecule has 1 heterocycles. The molecule has 0 spiro atoms. The fourth-order valence-electron chi connectivity index (χ4n) is 3.48. The summed E-state index contributed by atoms with van der Waals surface area (Å²) in [6.45, 7) is 5.30. The van der Waals surface area contributed by atoms with Crippen LogP contribution in [0, 0.1) is 11.8 Å². The van der Waals surface area contributed by atoms with Gasteiger partial charge in [0.05, 0.1) is 5.92 Å². The van der Waals surface area contributed by atoms with E-state index in [4.69, 9.17) is 0 Å². The molecule has 0 bridgehead atoms. The first-order chi connectivity index (χ1) is 8.68. The molecule has 1 aliphatic carbocycles. The summed E-state index contributed by atoms with van der Waals surface area (Å²) in [6.07, 6.45) is 9.00. The van der Waals surface area contributed by atoms with Crippen LogP contribution in [-0.4, -0.2) is 24.5 Å². The normalized spacial score (nSPS) is 31.9. The van der Waals surface area contributed by atoms with Crippen LogP contribution in [0.2, 0.25) is 0 Å². The number of nitrogens with one attached hydrogen (secondary N) is 2. The second-order valence-electron chi connectivity index (χ2n) is 6.19. The number of amides is 1. The van der Waals surface area contributed by atoms with Crippen molar-refractivity contribution in [1.29, 1.82) is 0 Å². The molecular weight excluding hydrogens is 224 g/mol. The highest BCUT2D eigenvalue weighted by Crippen LogP contribution is 2.26. The first-order valence-electron chi connectivity index (χ1n) is 7.72. The number of rotatable bonds is 3. The monoisotopic (exact) mass is 252 g/mol. The van der Waals surface area contributed by atoms with Gasteiger partial charge in [-0.2, -0.15) is 0 Å². The molecule has 0 aromatic heterocycles. The number of hydrogen-bond acceptors (Lipinski definition) is 2. The van der Waals surface area contributed by atoms with E-state index in [2.05, 4.69) is 24.5 Å². The van der Waals surface area contributed by atoms with Crippen LogP contribution in [0.3, 0.4) is 0 Å². The SMILES string of the molecule is CC1NCCC1C(=O)N[C@H](C)C1CCCCCC1. The van der Waals surface area contributed by atoms with Gasteiger partial charge in [0.25, 0.3) is 0 Å². The Morgan fingerprint density at radius 3 is 2.39 bits per heavy atom. The van der Waals surface area contributed by atoms with E-state index >= 15 is 0 Å². The van der Waals surface area contributed by atoms with Crippen LogP contribution in [0.4, 0.5) is 0 Å². The molecule has 2 N–H and O–H groups in total. The Hall–Kier alpha value is -0.570. The molecule has 3 nitrogen and oxygen atoms in total. The molecule has 1 saturated heterocycles. The van der Waals surface area contributed by atoms with E-state index in [-0.39, 0.29) is 11.8 Å². The largest absolute Gasteiger partial charge is 0.353 e. The van der Waals surface area contributed by atoms with Gasteiger partial charge in [0.1, 0.15) is 0 Å². The Labute approximate surface area is 111 Å². The minimum atomic E-state index is 0.179. The summed E-state index contributed by atoms with van der Waals surface area (Å²) >= 11 is 0. The first kappa shape index (κ1) is 13.9. The molecule has 1 amide bonds. The van der Waals surface area contributed by atoms with Crippen LogP contribution in [0.5, 0.6) is 0 Å². The number of hydrogen-bond donors (Lipinski definition) is 2. The zero-order valence-corrected chi connectivity index (χ0v) is 11.9. The van der Waals surface area contributed by atoms with Gasteiger partial charge in [0, 0.05) is 12.1 Å². The van der Waals surface area contributed by atoms with Gasteiger partial charge in [-0.1, -0.05) is 25.7 Å². The van der Waals surface area contributed by atoms with E-state index in [0.29, 0.717) is 18.0 Å². The standard InChI is InChI=1S/C15H28N2O/c1-11(13-7-5-3-4-6-8-13)17-15(18)14-9-10-16-12(14)2/h11-14,16H,3-10H2,1-2H3,(H,17,18)/t11-,12?,14?/m1/s1. The molecule has 2 fully saturated rings. The quantitative estimate of drug-likeness (QED) is 0.758. The second-order valence-corrected chi connectivity index (χ2v) is 6.19. The summed E-state index contributed by atoms with van der Waals surface area (Å²) in [5, 5.41) is 6.62. The summed E-state index contributed by atoms with van der Waals surface area (Å²) in [5.74, 6) is 1.14. The summed E-state index contributed by atoms with van der Waals surface area (Å²) in [4.78, 5) is 12.2. The van der Waals surface area contributed by atoms with Crippen LogP contribution in [0.1, 0.15) is 58.8 Å². The van der Waals surface area contributed by atoms with E-state index in [9.17, 15) is 4.79 Å². The smallest absolute Gasteiger partial charge is 0.224 e.